The molecule has 1 fully saturated rings. The second-order valence-electron chi connectivity index (χ2n) is 5.84. The number of nitrogens with one attached hydrogen (secondary N) is 2. The zero-order valence-corrected chi connectivity index (χ0v) is 11.6. The first-order valence-electron chi connectivity index (χ1n) is 6.67. The third-order valence-corrected chi connectivity index (χ3v) is 3.42. The van der Waals surface area contributed by atoms with Gasteiger partial charge in [-0.25, -0.2) is 0 Å². The van der Waals surface area contributed by atoms with E-state index in [1.807, 2.05) is 13.8 Å². The number of hydrogen-bond donors (Lipinski definition) is 3. The lowest BCUT2D eigenvalue weighted by Crippen LogP contribution is -2.59. The van der Waals surface area contributed by atoms with Crippen LogP contribution in [-0.2, 0) is 9.59 Å². The highest BCUT2D eigenvalue weighted by molar-refractivity contribution is 5.88. The number of carbonyl (C=O) groups is 2. The maximum absolute atomic E-state index is 12.4. The molecule has 1 aliphatic rings. The average molecular weight is 255 g/mol. The van der Waals surface area contributed by atoms with E-state index < -0.39 is 17.0 Å². The molecule has 18 heavy (non-hydrogen) atoms. The molecule has 1 unspecified atom stereocenters. The van der Waals surface area contributed by atoms with Crippen molar-refractivity contribution in [2.75, 3.05) is 6.54 Å². The Morgan fingerprint density at radius 1 is 1.44 bits per heavy atom. The zero-order chi connectivity index (χ0) is 13.8. The van der Waals surface area contributed by atoms with Crippen LogP contribution < -0.4 is 16.4 Å². The number of nitrogens with two attached hydrogens (primary N) is 1. The van der Waals surface area contributed by atoms with Crippen molar-refractivity contribution in [2.45, 2.75) is 64.0 Å². The van der Waals surface area contributed by atoms with Gasteiger partial charge in [0, 0.05) is 12.0 Å². The molecule has 104 valence electrons. The van der Waals surface area contributed by atoms with Crippen molar-refractivity contribution in [3.8, 4) is 0 Å². The molecular formula is C13H25N3O2. The molecule has 1 atom stereocenters. The minimum Gasteiger partial charge on any atom is -0.370 e. The Hall–Kier alpha value is -1.10. The summed E-state index contributed by atoms with van der Waals surface area (Å²) >= 11 is 0. The summed E-state index contributed by atoms with van der Waals surface area (Å²) in [4.78, 5) is 23.4. The Bertz CT molecular complexity index is 320. The van der Waals surface area contributed by atoms with Crippen LogP contribution in [0.1, 0.15) is 52.9 Å². The van der Waals surface area contributed by atoms with E-state index in [0.29, 0.717) is 0 Å². The summed E-state index contributed by atoms with van der Waals surface area (Å²) < 4.78 is 0. The molecule has 1 heterocycles. The average Bonchev–Trinajstić information content (AvgIpc) is 2.65. The number of rotatable bonds is 6. The molecule has 4 N–H and O–H groups in total. The van der Waals surface area contributed by atoms with Crippen molar-refractivity contribution in [3.05, 3.63) is 0 Å². The number of amides is 2. The molecule has 2 amide bonds. The monoisotopic (exact) mass is 255 g/mol. The molecule has 0 bridgehead atoms. The molecule has 1 saturated heterocycles. The fourth-order valence-corrected chi connectivity index (χ4v) is 2.66. The zero-order valence-electron chi connectivity index (χ0n) is 11.6. The van der Waals surface area contributed by atoms with Crippen molar-refractivity contribution >= 4 is 11.8 Å². The predicted octanol–water partition coefficient (Wildman–Crippen LogP) is 0.679. The van der Waals surface area contributed by atoms with Crippen LogP contribution in [0.2, 0.25) is 0 Å². The number of hydrogen-bond acceptors (Lipinski definition) is 3. The number of primary amides is 1. The van der Waals surface area contributed by atoms with Gasteiger partial charge in [0.15, 0.2) is 0 Å². The second kappa shape index (κ2) is 5.69. The third kappa shape index (κ3) is 3.70. The molecule has 0 aliphatic carbocycles. The van der Waals surface area contributed by atoms with Crippen LogP contribution in [0.15, 0.2) is 0 Å². The molecular weight excluding hydrogens is 230 g/mol. The standard InChI is InChI=1S/C13H25N3O2/c1-4-6-13(7-5-8-15-13)11(18)16-12(2,3)9-10(14)17/h15H,4-9H2,1-3H3,(H2,14,17)(H,16,18). The third-order valence-electron chi connectivity index (χ3n) is 3.42. The molecule has 5 nitrogen and oxygen atoms in total. The van der Waals surface area contributed by atoms with Crippen molar-refractivity contribution in [3.63, 3.8) is 0 Å². The normalized spacial score (nSPS) is 23.9. The lowest BCUT2D eigenvalue weighted by atomic mass is 9.89. The topological polar surface area (TPSA) is 84.2 Å². The van der Waals surface area contributed by atoms with Crippen molar-refractivity contribution in [2.24, 2.45) is 5.73 Å². The molecule has 0 spiro atoms. The largest absolute Gasteiger partial charge is 0.370 e. The maximum atomic E-state index is 12.4. The van der Waals surface area contributed by atoms with Gasteiger partial charge in [-0.1, -0.05) is 13.3 Å². The highest BCUT2D eigenvalue weighted by atomic mass is 16.2. The molecule has 0 saturated carbocycles. The highest BCUT2D eigenvalue weighted by Gasteiger charge is 2.41. The van der Waals surface area contributed by atoms with Gasteiger partial charge in [-0.15, -0.1) is 0 Å². The lowest BCUT2D eigenvalue weighted by molar-refractivity contribution is -0.129. The van der Waals surface area contributed by atoms with Gasteiger partial charge in [0.1, 0.15) is 0 Å². The van der Waals surface area contributed by atoms with E-state index in [1.165, 1.54) is 0 Å². The summed E-state index contributed by atoms with van der Waals surface area (Å²) in [5, 5.41) is 6.27. The van der Waals surface area contributed by atoms with Gasteiger partial charge in [-0.05, 0) is 39.7 Å². The fraction of sp³-hybridized carbons (Fsp3) is 0.846. The fourth-order valence-electron chi connectivity index (χ4n) is 2.66. The predicted molar refractivity (Wildman–Crippen MR) is 70.9 cm³/mol. The Morgan fingerprint density at radius 2 is 2.11 bits per heavy atom. The highest BCUT2D eigenvalue weighted by Crippen LogP contribution is 2.26. The van der Waals surface area contributed by atoms with Gasteiger partial charge < -0.3 is 16.4 Å². The van der Waals surface area contributed by atoms with E-state index in [0.717, 1.165) is 32.2 Å². The SMILES string of the molecule is CCCC1(C(=O)NC(C)(C)CC(N)=O)CCCN1. The molecule has 1 aliphatic heterocycles. The van der Waals surface area contributed by atoms with Crippen LogP contribution in [-0.4, -0.2) is 29.4 Å². The van der Waals surface area contributed by atoms with Crippen LogP contribution in [0.5, 0.6) is 0 Å². The van der Waals surface area contributed by atoms with Crippen LogP contribution in [0.3, 0.4) is 0 Å². The first-order valence-corrected chi connectivity index (χ1v) is 6.67. The quantitative estimate of drug-likeness (QED) is 0.652. The Morgan fingerprint density at radius 3 is 2.56 bits per heavy atom. The van der Waals surface area contributed by atoms with Gasteiger partial charge in [0.25, 0.3) is 0 Å². The van der Waals surface area contributed by atoms with Crippen molar-refractivity contribution in [1.29, 1.82) is 0 Å². The molecule has 0 aromatic carbocycles. The molecule has 5 heteroatoms. The Balaban J connectivity index is 2.70. The van der Waals surface area contributed by atoms with Gasteiger partial charge in [-0.2, -0.15) is 0 Å². The summed E-state index contributed by atoms with van der Waals surface area (Å²) in [7, 11) is 0. The van der Waals surface area contributed by atoms with Gasteiger partial charge in [-0.3, -0.25) is 9.59 Å². The maximum Gasteiger partial charge on any atom is 0.240 e. The van der Waals surface area contributed by atoms with Crippen LogP contribution >= 0.6 is 0 Å². The van der Waals surface area contributed by atoms with Crippen LogP contribution in [0.4, 0.5) is 0 Å². The number of carbonyl (C=O) groups excluding carboxylic acids is 2. The van der Waals surface area contributed by atoms with Crippen LogP contribution in [0, 0.1) is 0 Å². The first kappa shape index (κ1) is 15.0. The minimum atomic E-state index is -0.589. The van der Waals surface area contributed by atoms with Gasteiger partial charge in [0.2, 0.25) is 11.8 Å². The summed E-state index contributed by atoms with van der Waals surface area (Å²) in [6.45, 7) is 6.60. The van der Waals surface area contributed by atoms with Gasteiger partial charge in [0.05, 0.1) is 5.54 Å². The summed E-state index contributed by atoms with van der Waals surface area (Å²) in [5.74, 6) is -0.405. The molecule has 0 aromatic rings. The Kier molecular flexibility index (Phi) is 4.73. The lowest BCUT2D eigenvalue weighted by Gasteiger charge is -2.33. The summed E-state index contributed by atoms with van der Waals surface area (Å²) in [6.07, 6.45) is 3.81. The first-order chi connectivity index (χ1) is 8.31. The summed E-state index contributed by atoms with van der Waals surface area (Å²) in [5.41, 5.74) is 4.15. The van der Waals surface area contributed by atoms with Gasteiger partial charge >= 0.3 is 0 Å². The van der Waals surface area contributed by atoms with E-state index in [2.05, 4.69) is 17.6 Å². The summed E-state index contributed by atoms with van der Waals surface area (Å²) in [6, 6.07) is 0. The Labute approximate surface area is 109 Å². The van der Waals surface area contributed by atoms with Crippen LogP contribution in [0.25, 0.3) is 0 Å². The second-order valence-corrected chi connectivity index (χ2v) is 5.84. The smallest absolute Gasteiger partial charge is 0.240 e. The molecule has 0 aromatic heterocycles. The van der Waals surface area contributed by atoms with E-state index in [9.17, 15) is 9.59 Å². The van der Waals surface area contributed by atoms with E-state index in [4.69, 9.17) is 5.73 Å². The van der Waals surface area contributed by atoms with Crippen molar-refractivity contribution < 1.29 is 9.59 Å². The van der Waals surface area contributed by atoms with E-state index in [1.54, 1.807) is 0 Å². The van der Waals surface area contributed by atoms with E-state index >= 15 is 0 Å². The molecule has 0 radical (unpaired) electrons. The van der Waals surface area contributed by atoms with E-state index in [-0.39, 0.29) is 12.3 Å². The van der Waals surface area contributed by atoms with Crippen molar-refractivity contribution in [1.82, 2.24) is 10.6 Å². The minimum absolute atomic E-state index is 0.00639. The molecule has 1 rings (SSSR count).